The van der Waals surface area contributed by atoms with Crippen molar-refractivity contribution in [2.75, 3.05) is 27.0 Å². The van der Waals surface area contributed by atoms with Gasteiger partial charge in [-0.1, -0.05) is 0 Å². The summed E-state index contributed by atoms with van der Waals surface area (Å²) in [6.45, 7) is 3.32. The second-order valence-electron chi connectivity index (χ2n) is 7.63. The van der Waals surface area contributed by atoms with E-state index in [9.17, 15) is 4.79 Å². The van der Waals surface area contributed by atoms with Crippen molar-refractivity contribution < 1.29 is 19.0 Å². The Kier molecular flexibility index (Phi) is 4.94. The number of carbonyl (C=O) groups excluding carboxylic acids is 1. The smallest absolute Gasteiger partial charge is 0.254 e. The number of aryl methyl sites for hydroxylation is 1. The highest BCUT2D eigenvalue weighted by molar-refractivity contribution is 5.95. The second kappa shape index (κ2) is 7.91. The Bertz CT molecular complexity index is 1140. The Hall–Kier alpha value is -3.61. The summed E-state index contributed by atoms with van der Waals surface area (Å²) in [6, 6.07) is 13.2. The monoisotopic (exact) mass is 417 g/mol. The molecule has 1 amide bonds. The molecule has 5 rings (SSSR count). The number of aromatic nitrogens is 2. The van der Waals surface area contributed by atoms with Gasteiger partial charge in [0.25, 0.3) is 5.91 Å². The maximum Gasteiger partial charge on any atom is 0.254 e. The zero-order chi connectivity index (χ0) is 21.4. The Morgan fingerprint density at radius 2 is 1.77 bits per heavy atom. The van der Waals surface area contributed by atoms with Crippen LogP contribution in [0.5, 0.6) is 17.2 Å². The average molecular weight is 417 g/mol. The molecule has 2 aliphatic rings. The van der Waals surface area contributed by atoms with E-state index in [-0.39, 0.29) is 12.7 Å². The lowest BCUT2D eigenvalue weighted by atomic mass is 10.0. The molecule has 0 saturated carbocycles. The molecule has 2 aromatic carbocycles. The summed E-state index contributed by atoms with van der Waals surface area (Å²) in [5.41, 5.74) is 4.68. The summed E-state index contributed by atoms with van der Waals surface area (Å²) in [5.74, 6) is 2.82. The Morgan fingerprint density at radius 1 is 1.00 bits per heavy atom. The van der Waals surface area contributed by atoms with Gasteiger partial charge in [-0.05, 0) is 55.8 Å². The van der Waals surface area contributed by atoms with E-state index in [1.807, 2.05) is 36.1 Å². The second-order valence-corrected chi connectivity index (χ2v) is 7.63. The summed E-state index contributed by atoms with van der Waals surface area (Å²) in [6.07, 6.45) is 1.39. The van der Waals surface area contributed by atoms with E-state index in [1.165, 1.54) is 0 Å². The lowest BCUT2D eigenvalue weighted by Gasteiger charge is -2.20. The molecule has 0 saturated heterocycles. The van der Waals surface area contributed by atoms with E-state index >= 15 is 0 Å². The molecular formula is C24H23N3O4. The van der Waals surface area contributed by atoms with Crippen molar-refractivity contribution in [3.8, 4) is 28.5 Å². The molecule has 3 heterocycles. The van der Waals surface area contributed by atoms with Gasteiger partial charge < -0.3 is 19.1 Å². The first-order chi connectivity index (χ1) is 15.1. The van der Waals surface area contributed by atoms with Crippen LogP contribution in [-0.4, -0.2) is 47.8 Å². The molecule has 158 valence electrons. The molecule has 0 atom stereocenters. The van der Waals surface area contributed by atoms with Crippen LogP contribution >= 0.6 is 0 Å². The van der Waals surface area contributed by atoms with Crippen LogP contribution in [0.2, 0.25) is 0 Å². The van der Waals surface area contributed by atoms with E-state index < -0.39 is 0 Å². The summed E-state index contributed by atoms with van der Waals surface area (Å²) in [7, 11) is 1.65. The predicted molar refractivity (Wildman–Crippen MR) is 115 cm³/mol. The first-order valence-electron chi connectivity index (χ1n) is 10.3. The molecule has 0 spiro atoms. The SMILES string of the molecule is COc1ccc(-c2nc(C)nc3c2CCN(C(=O)c2ccc4c(c2)OCO4)CC3)cc1. The highest BCUT2D eigenvalue weighted by Crippen LogP contribution is 2.33. The van der Waals surface area contributed by atoms with Gasteiger partial charge in [0.2, 0.25) is 6.79 Å². The number of fused-ring (bicyclic) bond motifs is 2. The number of hydrogen-bond donors (Lipinski definition) is 0. The fourth-order valence-electron chi connectivity index (χ4n) is 4.13. The summed E-state index contributed by atoms with van der Waals surface area (Å²) in [5, 5.41) is 0. The van der Waals surface area contributed by atoms with Gasteiger partial charge in [-0.2, -0.15) is 0 Å². The first kappa shape index (κ1) is 19.4. The van der Waals surface area contributed by atoms with E-state index in [0.717, 1.165) is 34.1 Å². The highest BCUT2D eigenvalue weighted by atomic mass is 16.7. The molecule has 0 radical (unpaired) electrons. The molecule has 0 bridgehead atoms. The van der Waals surface area contributed by atoms with Gasteiger partial charge in [0.15, 0.2) is 11.5 Å². The number of hydrogen-bond acceptors (Lipinski definition) is 6. The summed E-state index contributed by atoms with van der Waals surface area (Å²) < 4.78 is 16.1. The zero-order valence-electron chi connectivity index (χ0n) is 17.6. The van der Waals surface area contributed by atoms with Crippen molar-refractivity contribution in [2.24, 2.45) is 0 Å². The molecular weight excluding hydrogens is 394 g/mol. The van der Waals surface area contributed by atoms with E-state index in [0.29, 0.717) is 43.0 Å². The van der Waals surface area contributed by atoms with Gasteiger partial charge in [0.05, 0.1) is 12.8 Å². The molecule has 7 heteroatoms. The van der Waals surface area contributed by atoms with Crippen LogP contribution in [0.1, 0.15) is 27.4 Å². The van der Waals surface area contributed by atoms with Crippen LogP contribution in [0.3, 0.4) is 0 Å². The third kappa shape index (κ3) is 3.67. The third-order valence-corrected chi connectivity index (χ3v) is 5.72. The van der Waals surface area contributed by atoms with Crippen molar-refractivity contribution in [3.05, 3.63) is 65.1 Å². The number of rotatable bonds is 3. The lowest BCUT2D eigenvalue weighted by molar-refractivity contribution is 0.0762. The minimum atomic E-state index is -0.0122. The lowest BCUT2D eigenvalue weighted by Crippen LogP contribution is -2.33. The fraction of sp³-hybridized carbons (Fsp3) is 0.292. The molecule has 31 heavy (non-hydrogen) atoms. The maximum absolute atomic E-state index is 13.2. The minimum absolute atomic E-state index is 0.0122. The quantitative estimate of drug-likeness (QED) is 0.650. The molecule has 7 nitrogen and oxygen atoms in total. The average Bonchev–Trinajstić information content (AvgIpc) is 3.17. The van der Waals surface area contributed by atoms with E-state index in [2.05, 4.69) is 0 Å². The predicted octanol–water partition coefficient (Wildman–Crippen LogP) is 3.43. The zero-order valence-corrected chi connectivity index (χ0v) is 17.6. The van der Waals surface area contributed by atoms with Gasteiger partial charge in [-0.3, -0.25) is 4.79 Å². The largest absolute Gasteiger partial charge is 0.497 e. The van der Waals surface area contributed by atoms with Gasteiger partial charge in [0.1, 0.15) is 11.6 Å². The van der Waals surface area contributed by atoms with E-state index in [4.69, 9.17) is 24.2 Å². The molecule has 0 fully saturated rings. The summed E-state index contributed by atoms with van der Waals surface area (Å²) in [4.78, 5) is 24.5. The standard InChI is InChI=1S/C24H23N3O4/c1-15-25-20-10-12-27(24(28)17-5-8-21-22(13-17)31-14-30-21)11-9-19(20)23(26-15)16-3-6-18(29-2)7-4-16/h3-8,13H,9-12,14H2,1-2H3. The number of ether oxygens (including phenoxy) is 3. The molecule has 0 N–H and O–H groups in total. The summed E-state index contributed by atoms with van der Waals surface area (Å²) >= 11 is 0. The molecule has 0 unspecified atom stereocenters. The number of carbonyl (C=O) groups is 1. The normalized spacial score (nSPS) is 14.7. The van der Waals surface area contributed by atoms with Crippen LogP contribution in [0.15, 0.2) is 42.5 Å². The Labute approximate surface area is 180 Å². The van der Waals surface area contributed by atoms with Crippen molar-refractivity contribution in [1.29, 1.82) is 0 Å². The number of methoxy groups -OCH3 is 1. The molecule has 1 aromatic heterocycles. The van der Waals surface area contributed by atoms with Gasteiger partial charge in [-0.25, -0.2) is 9.97 Å². The van der Waals surface area contributed by atoms with Crippen molar-refractivity contribution >= 4 is 5.91 Å². The van der Waals surface area contributed by atoms with Crippen LogP contribution in [0.25, 0.3) is 11.3 Å². The van der Waals surface area contributed by atoms with Gasteiger partial charge in [0, 0.05) is 41.9 Å². The van der Waals surface area contributed by atoms with Crippen LogP contribution < -0.4 is 14.2 Å². The molecule has 0 aliphatic carbocycles. The maximum atomic E-state index is 13.2. The minimum Gasteiger partial charge on any atom is -0.497 e. The molecule has 3 aromatic rings. The fourth-order valence-corrected chi connectivity index (χ4v) is 4.13. The van der Waals surface area contributed by atoms with Crippen LogP contribution in [0.4, 0.5) is 0 Å². The Morgan fingerprint density at radius 3 is 2.58 bits per heavy atom. The van der Waals surface area contributed by atoms with Crippen molar-refractivity contribution in [1.82, 2.24) is 14.9 Å². The highest BCUT2D eigenvalue weighted by Gasteiger charge is 2.25. The molecule has 2 aliphatic heterocycles. The van der Waals surface area contributed by atoms with Gasteiger partial charge in [-0.15, -0.1) is 0 Å². The van der Waals surface area contributed by atoms with Crippen molar-refractivity contribution in [2.45, 2.75) is 19.8 Å². The van der Waals surface area contributed by atoms with E-state index in [1.54, 1.807) is 25.3 Å². The van der Waals surface area contributed by atoms with Gasteiger partial charge >= 0.3 is 0 Å². The van der Waals surface area contributed by atoms with Crippen LogP contribution in [0, 0.1) is 6.92 Å². The number of benzene rings is 2. The number of amides is 1. The van der Waals surface area contributed by atoms with Crippen molar-refractivity contribution in [3.63, 3.8) is 0 Å². The van der Waals surface area contributed by atoms with Crippen LogP contribution in [-0.2, 0) is 12.8 Å². The number of nitrogens with zero attached hydrogens (tertiary/aromatic N) is 3. The Balaban J connectivity index is 1.42. The first-order valence-corrected chi connectivity index (χ1v) is 10.3. The topological polar surface area (TPSA) is 73.8 Å². The third-order valence-electron chi connectivity index (χ3n) is 5.72.